The SMILES string of the molecule is CS(=O)(=O)N1CC(N2CCC(S(=O)(=O)N(Cc3ccc(-c4nnc(C(F)F)o4)cn3)c3ccc(F)c(Cl)c3)CC2)C1. The van der Waals surface area contributed by atoms with Crippen molar-refractivity contribution in [3.05, 3.63) is 59.0 Å². The lowest BCUT2D eigenvalue weighted by molar-refractivity contribution is 0.0728. The molecule has 2 fully saturated rings. The van der Waals surface area contributed by atoms with E-state index in [4.69, 9.17) is 16.0 Å². The lowest BCUT2D eigenvalue weighted by atomic mass is 10.0. The third kappa shape index (κ3) is 6.35. The number of hydrogen-bond acceptors (Lipinski definition) is 9. The van der Waals surface area contributed by atoms with Crippen LogP contribution in [0.4, 0.5) is 18.9 Å². The molecule has 2 aliphatic heterocycles. The van der Waals surface area contributed by atoms with Crippen molar-refractivity contribution in [2.45, 2.75) is 37.1 Å². The molecule has 0 atom stereocenters. The third-order valence-electron chi connectivity index (χ3n) is 7.21. The molecule has 0 aliphatic carbocycles. The maximum atomic E-state index is 13.9. The molecule has 2 saturated heterocycles. The molecule has 0 bridgehead atoms. The summed E-state index contributed by atoms with van der Waals surface area (Å²) < 4.78 is 98.2. The van der Waals surface area contributed by atoms with Gasteiger partial charge in [0.2, 0.25) is 25.9 Å². The molecule has 1 aromatic carbocycles. The van der Waals surface area contributed by atoms with Gasteiger partial charge in [0, 0.05) is 25.3 Å². The Morgan fingerprint density at radius 3 is 2.37 bits per heavy atom. The van der Waals surface area contributed by atoms with Crippen LogP contribution in [0.5, 0.6) is 0 Å². The monoisotopic (exact) mass is 634 g/mol. The lowest BCUT2D eigenvalue weighted by Crippen LogP contribution is -2.62. The molecule has 0 N–H and O–H groups in total. The lowest BCUT2D eigenvalue weighted by Gasteiger charge is -2.46. The molecule has 2 aromatic heterocycles. The predicted molar refractivity (Wildman–Crippen MR) is 144 cm³/mol. The summed E-state index contributed by atoms with van der Waals surface area (Å²) in [6.45, 7) is 1.50. The minimum Gasteiger partial charge on any atom is -0.415 e. The van der Waals surface area contributed by atoms with Gasteiger partial charge in [0.15, 0.2) is 0 Å². The Kier molecular flexibility index (Phi) is 8.31. The Labute approximate surface area is 240 Å². The summed E-state index contributed by atoms with van der Waals surface area (Å²) >= 11 is 5.99. The second kappa shape index (κ2) is 11.5. The van der Waals surface area contributed by atoms with Gasteiger partial charge in [0.1, 0.15) is 5.82 Å². The van der Waals surface area contributed by atoms with E-state index in [1.54, 1.807) is 0 Å². The zero-order valence-corrected chi connectivity index (χ0v) is 24.1. The molecule has 0 radical (unpaired) electrons. The molecular formula is C24H26ClF3N6O5S2. The fraction of sp³-hybridized carbons (Fsp3) is 0.458. The van der Waals surface area contributed by atoms with Crippen molar-refractivity contribution in [1.29, 1.82) is 0 Å². The van der Waals surface area contributed by atoms with Crippen molar-refractivity contribution in [2.75, 3.05) is 36.7 Å². The van der Waals surface area contributed by atoms with Gasteiger partial charge in [-0.25, -0.2) is 21.2 Å². The van der Waals surface area contributed by atoms with Crippen LogP contribution in [-0.2, 0) is 26.6 Å². The van der Waals surface area contributed by atoms with Gasteiger partial charge in [-0.2, -0.15) is 13.1 Å². The van der Waals surface area contributed by atoms with E-state index < -0.39 is 43.4 Å². The molecule has 0 saturated carbocycles. The van der Waals surface area contributed by atoms with Crippen molar-refractivity contribution >= 4 is 37.3 Å². The van der Waals surface area contributed by atoms with Crippen LogP contribution >= 0.6 is 11.6 Å². The topological polar surface area (TPSA) is 130 Å². The Balaban J connectivity index is 1.33. The maximum absolute atomic E-state index is 13.9. The Morgan fingerprint density at radius 2 is 1.80 bits per heavy atom. The first-order chi connectivity index (χ1) is 19.3. The molecule has 11 nitrogen and oxygen atoms in total. The first-order valence-electron chi connectivity index (χ1n) is 12.6. The second-order valence-electron chi connectivity index (χ2n) is 9.90. The minimum absolute atomic E-state index is 0.0405. The molecule has 3 aromatic rings. The number of hydrogen-bond donors (Lipinski definition) is 0. The van der Waals surface area contributed by atoms with E-state index in [1.807, 2.05) is 0 Å². The fourth-order valence-electron chi connectivity index (χ4n) is 4.84. The van der Waals surface area contributed by atoms with Crippen LogP contribution in [0.15, 0.2) is 40.9 Å². The number of sulfonamides is 2. The molecule has 0 unspecified atom stereocenters. The highest BCUT2D eigenvalue weighted by Gasteiger charge is 2.41. The van der Waals surface area contributed by atoms with Gasteiger partial charge >= 0.3 is 6.43 Å². The maximum Gasteiger partial charge on any atom is 0.314 e. The molecule has 4 heterocycles. The van der Waals surface area contributed by atoms with Gasteiger partial charge in [0.05, 0.1) is 40.0 Å². The van der Waals surface area contributed by atoms with Crippen molar-refractivity contribution < 1.29 is 34.4 Å². The van der Waals surface area contributed by atoms with Crippen LogP contribution in [-0.4, -0.2) is 84.9 Å². The molecule has 41 heavy (non-hydrogen) atoms. The first kappa shape index (κ1) is 29.7. The smallest absolute Gasteiger partial charge is 0.314 e. The standard InChI is InChI=1S/C24H26ClF3N6O5S2/c1-40(35,36)33-13-18(14-33)32-8-6-19(7-9-32)41(37,38)34(17-4-5-21(26)20(25)10-17)12-16-3-2-15(11-29-16)23-30-31-24(39-23)22(27)28/h2-5,10-11,18-19,22H,6-9,12-14H2,1H3. The Bertz CT molecular complexity index is 1610. The summed E-state index contributed by atoms with van der Waals surface area (Å²) in [6.07, 6.45) is 0.178. The largest absolute Gasteiger partial charge is 0.415 e. The van der Waals surface area contributed by atoms with E-state index in [0.717, 1.165) is 16.6 Å². The molecule has 17 heteroatoms. The summed E-state index contributed by atoms with van der Waals surface area (Å²) in [7, 11) is -7.24. The van der Waals surface area contributed by atoms with Gasteiger partial charge in [0.25, 0.3) is 5.89 Å². The number of piperidine rings is 1. The number of benzene rings is 1. The van der Waals surface area contributed by atoms with Crippen LogP contribution in [0.2, 0.25) is 5.02 Å². The molecule has 222 valence electrons. The van der Waals surface area contributed by atoms with E-state index in [1.165, 1.54) is 34.8 Å². The van der Waals surface area contributed by atoms with Crippen LogP contribution in [0.25, 0.3) is 11.5 Å². The van der Waals surface area contributed by atoms with Crippen molar-refractivity contribution in [3.8, 4) is 11.5 Å². The Morgan fingerprint density at radius 1 is 1.10 bits per heavy atom. The summed E-state index contributed by atoms with van der Waals surface area (Å²) in [5, 5.41) is 5.87. The van der Waals surface area contributed by atoms with Crippen LogP contribution in [0.1, 0.15) is 30.9 Å². The van der Waals surface area contributed by atoms with Gasteiger partial charge in [-0.15, -0.1) is 10.2 Å². The number of anilines is 1. The third-order valence-corrected chi connectivity index (χ3v) is 11.0. The molecule has 2 aliphatic rings. The van der Waals surface area contributed by atoms with Gasteiger partial charge in [-0.3, -0.25) is 14.2 Å². The quantitative estimate of drug-likeness (QED) is 0.348. The highest BCUT2D eigenvalue weighted by Crippen LogP contribution is 2.32. The van der Waals surface area contributed by atoms with Gasteiger partial charge < -0.3 is 4.42 Å². The summed E-state index contributed by atoms with van der Waals surface area (Å²) in [4.78, 5) is 6.36. The molecular weight excluding hydrogens is 609 g/mol. The predicted octanol–water partition coefficient (Wildman–Crippen LogP) is 3.31. The summed E-state index contributed by atoms with van der Waals surface area (Å²) in [5.41, 5.74) is 0.746. The van der Waals surface area contributed by atoms with Crippen LogP contribution in [0, 0.1) is 5.82 Å². The number of rotatable bonds is 9. The van der Waals surface area contributed by atoms with E-state index in [-0.39, 0.29) is 34.8 Å². The molecule has 5 rings (SSSR count). The average Bonchev–Trinajstić information content (AvgIpc) is 3.39. The molecule has 0 spiro atoms. The Hall–Kier alpha value is -2.79. The van der Waals surface area contributed by atoms with Gasteiger partial charge in [-0.1, -0.05) is 11.6 Å². The number of aromatic nitrogens is 3. The zero-order valence-electron chi connectivity index (χ0n) is 21.7. The normalized spacial score (nSPS) is 18.1. The van der Waals surface area contributed by atoms with E-state index in [2.05, 4.69) is 20.1 Å². The number of likely N-dealkylation sites (tertiary alicyclic amines) is 1. The first-order valence-corrected chi connectivity index (χ1v) is 16.3. The average molecular weight is 635 g/mol. The number of alkyl halides is 2. The second-order valence-corrected chi connectivity index (χ2v) is 14.4. The van der Waals surface area contributed by atoms with E-state index in [0.29, 0.717) is 44.7 Å². The fourth-order valence-corrected chi connectivity index (χ4v) is 7.78. The highest BCUT2D eigenvalue weighted by molar-refractivity contribution is 7.93. The van der Waals surface area contributed by atoms with Crippen LogP contribution < -0.4 is 4.31 Å². The molecule has 0 amide bonds. The number of pyridine rings is 1. The van der Waals surface area contributed by atoms with Crippen molar-refractivity contribution in [1.82, 2.24) is 24.4 Å². The minimum atomic E-state index is -3.99. The van der Waals surface area contributed by atoms with Crippen molar-refractivity contribution in [3.63, 3.8) is 0 Å². The van der Waals surface area contributed by atoms with Crippen LogP contribution in [0.3, 0.4) is 0 Å². The van der Waals surface area contributed by atoms with E-state index in [9.17, 15) is 30.0 Å². The van der Waals surface area contributed by atoms with Gasteiger partial charge in [-0.05, 0) is 56.3 Å². The zero-order chi connectivity index (χ0) is 29.5. The summed E-state index contributed by atoms with van der Waals surface area (Å²) in [5.74, 6) is -1.69. The highest BCUT2D eigenvalue weighted by atomic mass is 35.5. The van der Waals surface area contributed by atoms with E-state index >= 15 is 0 Å². The number of nitrogens with zero attached hydrogens (tertiary/aromatic N) is 6. The number of halogens is 4. The van der Waals surface area contributed by atoms with Crippen molar-refractivity contribution in [2.24, 2.45) is 0 Å². The summed E-state index contributed by atoms with van der Waals surface area (Å²) in [6, 6.07) is 6.67.